The zero-order valence-electron chi connectivity index (χ0n) is 13.9. The van der Waals surface area contributed by atoms with E-state index in [1.54, 1.807) is 11.6 Å². The molecule has 5 nitrogen and oxygen atoms in total. The van der Waals surface area contributed by atoms with Gasteiger partial charge in [0.15, 0.2) is 5.65 Å². The monoisotopic (exact) mass is 330 g/mol. The van der Waals surface area contributed by atoms with E-state index in [9.17, 15) is 0 Å². The molecule has 0 aliphatic rings. The van der Waals surface area contributed by atoms with E-state index in [0.717, 1.165) is 22.7 Å². The molecule has 4 rings (SSSR count). The summed E-state index contributed by atoms with van der Waals surface area (Å²) in [6, 6.07) is 24.1. The molecule has 2 aromatic heterocycles. The Balaban J connectivity index is 1.68. The zero-order valence-corrected chi connectivity index (χ0v) is 13.9. The van der Waals surface area contributed by atoms with Gasteiger partial charge in [0, 0.05) is 12.1 Å². The quantitative estimate of drug-likeness (QED) is 0.600. The van der Waals surface area contributed by atoms with Crippen molar-refractivity contribution in [2.45, 2.75) is 6.54 Å². The molecule has 0 fully saturated rings. The van der Waals surface area contributed by atoms with Crippen LogP contribution in [-0.2, 0) is 6.54 Å². The highest BCUT2D eigenvalue weighted by molar-refractivity contribution is 5.69. The smallest absolute Gasteiger partial charge is 0.243 e. The minimum absolute atomic E-state index is 0.629. The number of nitrogens with zero attached hydrogens (tertiary/aromatic N) is 3. The Morgan fingerprint density at radius 3 is 2.36 bits per heavy atom. The molecule has 0 saturated carbocycles. The molecule has 124 valence electrons. The number of imidazole rings is 1. The molecular weight excluding hydrogens is 312 g/mol. The zero-order chi connectivity index (χ0) is 17.1. The number of fused-ring (bicyclic) bond motifs is 1. The van der Waals surface area contributed by atoms with Crippen molar-refractivity contribution in [1.82, 2.24) is 14.6 Å². The van der Waals surface area contributed by atoms with Crippen molar-refractivity contribution >= 4 is 11.5 Å². The maximum absolute atomic E-state index is 5.58. The summed E-state index contributed by atoms with van der Waals surface area (Å²) in [6.45, 7) is 0.710. The number of hydrogen-bond acceptors (Lipinski definition) is 4. The van der Waals surface area contributed by atoms with E-state index < -0.39 is 0 Å². The van der Waals surface area contributed by atoms with Crippen molar-refractivity contribution < 1.29 is 4.74 Å². The Hall–Kier alpha value is -3.34. The molecule has 2 heterocycles. The lowest BCUT2D eigenvalue weighted by atomic mass is 10.2. The second-order valence-electron chi connectivity index (χ2n) is 5.66. The fraction of sp³-hybridized carbons (Fsp3) is 0.100. The van der Waals surface area contributed by atoms with E-state index in [1.807, 2.05) is 60.7 Å². The van der Waals surface area contributed by atoms with Crippen molar-refractivity contribution in [3.63, 3.8) is 0 Å². The fourth-order valence-corrected chi connectivity index (χ4v) is 2.76. The molecule has 5 heteroatoms. The molecule has 0 unspecified atom stereocenters. The van der Waals surface area contributed by atoms with Gasteiger partial charge in [-0.15, -0.1) is 5.10 Å². The fourth-order valence-electron chi connectivity index (χ4n) is 2.76. The summed E-state index contributed by atoms with van der Waals surface area (Å²) >= 11 is 0. The van der Waals surface area contributed by atoms with Crippen molar-refractivity contribution in [1.29, 1.82) is 0 Å². The molecule has 0 bridgehead atoms. The maximum atomic E-state index is 5.58. The van der Waals surface area contributed by atoms with E-state index in [-0.39, 0.29) is 0 Å². The highest BCUT2D eigenvalue weighted by Crippen LogP contribution is 2.30. The van der Waals surface area contributed by atoms with Crippen LogP contribution in [0.5, 0.6) is 5.88 Å². The van der Waals surface area contributed by atoms with E-state index in [1.165, 1.54) is 5.56 Å². The molecule has 0 amide bonds. The van der Waals surface area contributed by atoms with Gasteiger partial charge in [-0.25, -0.2) is 4.98 Å². The van der Waals surface area contributed by atoms with Gasteiger partial charge in [0.25, 0.3) is 0 Å². The van der Waals surface area contributed by atoms with Crippen LogP contribution in [0.15, 0.2) is 72.8 Å². The largest absolute Gasteiger partial charge is 0.479 e. The van der Waals surface area contributed by atoms with Gasteiger partial charge in [0.2, 0.25) is 5.88 Å². The van der Waals surface area contributed by atoms with Crippen LogP contribution in [0.4, 0.5) is 5.82 Å². The molecular formula is C20H18N4O. The van der Waals surface area contributed by atoms with Crippen LogP contribution < -0.4 is 10.1 Å². The van der Waals surface area contributed by atoms with E-state index in [2.05, 4.69) is 27.5 Å². The predicted molar refractivity (Wildman–Crippen MR) is 98.7 cm³/mol. The number of anilines is 1. The Bertz CT molecular complexity index is 981. The number of ether oxygens (including phenoxy) is 1. The van der Waals surface area contributed by atoms with Crippen molar-refractivity contribution in [3.05, 3.63) is 78.4 Å². The summed E-state index contributed by atoms with van der Waals surface area (Å²) in [5.41, 5.74) is 3.74. The summed E-state index contributed by atoms with van der Waals surface area (Å²) in [6.07, 6.45) is 0. The molecule has 0 spiro atoms. The van der Waals surface area contributed by atoms with E-state index >= 15 is 0 Å². The van der Waals surface area contributed by atoms with Crippen LogP contribution in [-0.4, -0.2) is 21.7 Å². The molecule has 0 radical (unpaired) electrons. The van der Waals surface area contributed by atoms with Crippen LogP contribution in [0.2, 0.25) is 0 Å². The minimum Gasteiger partial charge on any atom is -0.479 e. The molecule has 0 atom stereocenters. The van der Waals surface area contributed by atoms with Gasteiger partial charge in [0.05, 0.1) is 7.11 Å². The highest BCUT2D eigenvalue weighted by Gasteiger charge is 2.15. The normalized spacial score (nSPS) is 10.8. The average Bonchev–Trinajstić information content (AvgIpc) is 3.05. The Morgan fingerprint density at radius 2 is 1.64 bits per heavy atom. The third kappa shape index (κ3) is 3.04. The highest BCUT2D eigenvalue weighted by atomic mass is 16.5. The number of aromatic nitrogens is 3. The third-order valence-electron chi connectivity index (χ3n) is 3.99. The summed E-state index contributed by atoms with van der Waals surface area (Å²) in [5.74, 6) is 1.40. The van der Waals surface area contributed by atoms with Crippen LogP contribution in [0.3, 0.4) is 0 Å². The number of benzene rings is 2. The molecule has 0 aliphatic heterocycles. The molecule has 0 saturated heterocycles. The Kier molecular flexibility index (Phi) is 4.04. The topological polar surface area (TPSA) is 51.5 Å². The van der Waals surface area contributed by atoms with Gasteiger partial charge in [-0.3, -0.25) is 0 Å². The molecule has 4 aromatic rings. The van der Waals surface area contributed by atoms with E-state index in [0.29, 0.717) is 12.4 Å². The lowest BCUT2D eigenvalue weighted by molar-refractivity contribution is 0.389. The standard InChI is InChI=1S/C20H18N4O/c1-25-20-19(16-10-6-3-7-11-16)22-18-13-12-17(23-24(18)20)21-14-15-8-4-2-5-9-15/h2-13H,14H2,1H3,(H,21,23). The first-order chi connectivity index (χ1) is 12.3. The maximum Gasteiger partial charge on any atom is 0.243 e. The lowest BCUT2D eigenvalue weighted by Crippen LogP contribution is -2.04. The molecule has 1 N–H and O–H groups in total. The summed E-state index contributed by atoms with van der Waals surface area (Å²) < 4.78 is 7.31. The van der Waals surface area contributed by atoms with Gasteiger partial charge >= 0.3 is 0 Å². The summed E-state index contributed by atoms with van der Waals surface area (Å²) in [7, 11) is 1.64. The van der Waals surface area contributed by atoms with Gasteiger partial charge in [-0.05, 0) is 17.7 Å². The van der Waals surface area contributed by atoms with E-state index in [4.69, 9.17) is 4.74 Å². The first kappa shape index (κ1) is 15.2. The average molecular weight is 330 g/mol. The van der Waals surface area contributed by atoms with Gasteiger partial charge in [0.1, 0.15) is 11.5 Å². The third-order valence-corrected chi connectivity index (χ3v) is 3.99. The second-order valence-corrected chi connectivity index (χ2v) is 5.66. The van der Waals surface area contributed by atoms with Gasteiger partial charge in [-0.1, -0.05) is 60.7 Å². The number of nitrogens with one attached hydrogen (secondary N) is 1. The van der Waals surface area contributed by atoms with Crippen molar-refractivity contribution in [3.8, 4) is 17.1 Å². The van der Waals surface area contributed by atoms with Crippen LogP contribution in [0.1, 0.15) is 5.56 Å². The van der Waals surface area contributed by atoms with Crippen molar-refractivity contribution in [2.24, 2.45) is 0 Å². The first-order valence-corrected chi connectivity index (χ1v) is 8.12. The Morgan fingerprint density at radius 1 is 0.920 bits per heavy atom. The Labute approximate surface area is 145 Å². The number of methoxy groups -OCH3 is 1. The minimum atomic E-state index is 0.629. The molecule has 25 heavy (non-hydrogen) atoms. The first-order valence-electron chi connectivity index (χ1n) is 8.12. The SMILES string of the molecule is COc1c(-c2ccccc2)nc2ccc(NCc3ccccc3)nn12. The van der Waals surface area contributed by atoms with Crippen LogP contribution in [0.25, 0.3) is 16.9 Å². The second kappa shape index (κ2) is 6.65. The van der Waals surface area contributed by atoms with Gasteiger partial charge in [-0.2, -0.15) is 4.52 Å². The van der Waals surface area contributed by atoms with Gasteiger partial charge < -0.3 is 10.1 Å². The number of hydrogen-bond donors (Lipinski definition) is 1. The van der Waals surface area contributed by atoms with Crippen LogP contribution >= 0.6 is 0 Å². The molecule has 2 aromatic carbocycles. The summed E-state index contributed by atoms with van der Waals surface area (Å²) in [4.78, 5) is 4.66. The lowest BCUT2D eigenvalue weighted by Gasteiger charge is -2.07. The van der Waals surface area contributed by atoms with Crippen molar-refractivity contribution in [2.75, 3.05) is 12.4 Å². The van der Waals surface area contributed by atoms with Crippen LogP contribution in [0, 0.1) is 0 Å². The summed E-state index contributed by atoms with van der Waals surface area (Å²) in [5, 5.41) is 7.96. The molecule has 0 aliphatic carbocycles. The predicted octanol–water partition coefficient (Wildman–Crippen LogP) is 4.02. The number of rotatable bonds is 5.